The highest BCUT2D eigenvalue weighted by molar-refractivity contribution is 5.31. The fourth-order valence-corrected chi connectivity index (χ4v) is 1.71. The lowest BCUT2D eigenvalue weighted by Gasteiger charge is -2.06. The molecule has 1 aromatic heterocycles. The third-order valence-electron chi connectivity index (χ3n) is 2.79. The molecule has 6 heteroatoms. The molecule has 1 heterocycles. The SMILES string of the molecule is CCNCc1cn(CCOc2ccc(OC)cc2)nn1. The molecule has 0 aliphatic rings. The number of ether oxygens (including phenoxy) is 2. The second-order valence-electron chi connectivity index (χ2n) is 4.28. The first kappa shape index (κ1) is 14.3. The topological polar surface area (TPSA) is 61.2 Å². The van der Waals surface area contributed by atoms with Crippen LogP contribution in [0, 0.1) is 0 Å². The van der Waals surface area contributed by atoms with Gasteiger partial charge in [0.05, 0.1) is 19.3 Å². The van der Waals surface area contributed by atoms with E-state index < -0.39 is 0 Å². The average Bonchev–Trinajstić information content (AvgIpc) is 2.94. The van der Waals surface area contributed by atoms with Gasteiger partial charge in [0.25, 0.3) is 0 Å². The molecular formula is C14H20N4O2. The first-order chi connectivity index (χ1) is 9.81. The van der Waals surface area contributed by atoms with Gasteiger partial charge in [-0.05, 0) is 30.8 Å². The Morgan fingerprint density at radius 3 is 2.65 bits per heavy atom. The quantitative estimate of drug-likeness (QED) is 0.791. The fourth-order valence-electron chi connectivity index (χ4n) is 1.71. The zero-order valence-electron chi connectivity index (χ0n) is 11.9. The predicted molar refractivity (Wildman–Crippen MR) is 75.9 cm³/mol. The highest BCUT2D eigenvalue weighted by Crippen LogP contribution is 2.16. The predicted octanol–water partition coefficient (Wildman–Crippen LogP) is 1.48. The van der Waals surface area contributed by atoms with Crippen molar-refractivity contribution in [2.75, 3.05) is 20.3 Å². The second kappa shape index (κ2) is 7.49. The van der Waals surface area contributed by atoms with Crippen molar-refractivity contribution < 1.29 is 9.47 Å². The smallest absolute Gasteiger partial charge is 0.119 e. The number of nitrogens with zero attached hydrogens (tertiary/aromatic N) is 3. The van der Waals surface area contributed by atoms with Crippen LogP contribution in [0.25, 0.3) is 0 Å². The molecule has 0 radical (unpaired) electrons. The minimum Gasteiger partial charge on any atom is -0.497 e. The van der Waals surface area contributed by atoms with Gasteiger partial charge in [0.2, 0.25) is 0 Å². The summed E-state index contributed by atoms with van der Waals surface area (Å²) in [5.41, 5.74) is 0.941. The first-order valence-electron chi connectivity index (χ1n) is 6.68. The molecule has 0 amide bonds. The van der Waals surface area contributed by atoms with Crippen LogP contribution < -0.4 is 14.8 Å². The molecule has 0 atom stereocenters. The van der Waals surface area contributed by atoms with E-state index in [0.29, 0.717) is 13.2 Å². The lowest BCUT2D eigenvalue weighted by Crippen LogP contribution is -2.12. The van der Waals surface area contributed by atoms with Crippen molar-refractivity contribution in [3.63, 3.8) is 0 Å². The van der Waals surface area contributed by atoms with Gasteiger partial charge in [-0.3, -0.25) is 0 Å². The number of hydrogen-bond acceptors (Lipinski definition) is 5. The van der Waals surface area contributed by atoms with Crippen molar-refractivity contribution in [3.8, 4) is 11.5 Å². The van der Waals surface area contributed by atoms with Crippen LogP contribution >= 0.6 is 0 Å². The highest BCUT2D eigenvalue weighted by atomic mass is 16.5. The highest BCUT2D eigenvalue weighted by Gasteiger charge is 2.00. The number of rotatable bonds is 8. The maximum absolute atomic E-state index is 5.64. The summed E-state index contributed by atoms with van der Waals surface area (Å²) in [7, 11) is 1.64. The van der Waals surface area contributed by atoms with Gasteiger partial charge in [-0.2, -0.15) is 0 Å². The van der Waals surface area contributed by atoms with E-state index in [1.165, 1.54) is 0 Å². The molecule has 0 saturated carbocycles. The number of aromatic nitrogens is 3. The van der Waals surface area contributed by atoms with E-state index in [-0.39, 0.29) is 0 Å². The van der Waals surface area contributed by atoms with Crippen molar-refractivity contribution in [2.45, 2.75) is 20.0 Å². The molecular weight excluding hydrogens is 256 g/mol. The monoisotopic (exact) mass is 276 g/mol. The standard InChI is InChI=1S/C14H20N4O2/c1-3-15-10-12-11-18(17-16-12)8-9-20-14-6-4-13(19-2)5-7-14/h4-7,11,15H,3,8-10H2,1-2H3. The molecule has 0 aliphatic heterocycles. The van der Waals surface area contributed by atoms with Crippen LogP contribution in [0.15, 0.2) is 30.5 Å². The zero-order valence-corrected chi connectivity index (χ0v) is 11.9. The van der Waals surface area contributed by atoms with E-state index in [9.17, 15) is 0 Å². The van der Waals surface area contributed by atoms with Gasteiger partial charge >= 0.3 is 0 Å². The zero-order chi connectivity index (χ0) is 14.2. The summed E-state index contributed by atoms with van der Waals surface area (Å²) in [6.45, 7) is 4.96. The number of benzene rings is 1. The van der Waals surface area contributed by atoms with Crippen LogP contribution in [0.1, 0.15) is 12.6 Å². The van der Waals surface area contributed by atoms with Crippen molar-refractivity contribution in [2.24, 2.45) is 0 Å². The van der Waals surface area contributed by atoms with Crippen LogP contribution in [0.5, 0.6) is 11.5 Å². The van der Waals surface area contributed by atoms with Gasteiger partial charge in [0.15, 0.2) is 0 Å². The molecule has 0 spiro atoms. The summed E-state index contributed by atoms with van der Waals surface area (Å²) >= 11 is 0. The summed E-state index contributed by atoms with van der Waals surface area (Å²) in [6.07, 6.45) is 1.93. The summed E-state index contributed by atoms with van der Waals surface area (Å²) < 4.78 is 12.5. The van der Waals surface area contributed by atoms with E-state index in [0.717, 1.165) is 30.3 Å². The summed E-state index contributed by atoms with van der Waals surface area (Å²) in [5.74, 6) is 1.64. The molecule has 20 heavy (non-hydrogen) atoms. The van der Waals surface area contributed by atoms with Gasteiger partial charge in [0, 0.05) is 12.7 Å². The molecule has 0 aliphatic carbocycles. The van der Waals surface area contributed by atoms with Crippen molar-refractivity contribution in [1.29, 1.82) is 0 Å². The van der Waals surface area contributed by atoms with Crippen LogP contribution in [-0.4, -0.2) is 35.3 Å². The van der Waals surface area contributed by atoms with Crippen molar-refractivity contribution >= 4 is 0 Å². The largest absolute Gasteiger partial charge is 0.497 e. The Morgan fingerprint density at radius 2 is 1.95 bits per heavy atom. The Morgan fingerprint density at radius 1 is 1.20 bits per heavy atom. The van der Waals surface area contributed by atoms with E-state index in [1.807, 2.05) is 30.5 Å². The van der Waals surface area contributed by atoms with E-state index >= 15 is 0 Å². The van der Waals surface area contributed by atoms with Crippen molar-refractivity contribution in [1.82, 2.24) is 20.3 Å². The Kier molecular flexibility index (Phi) is 5.37. The molecule has 2 aromatic rings. The molecule has 0 saturated heterocycles. The van der Waals surface area contributed by atoms with Gasteiger partial charge in [-0.15, -0.1) is 5.10 Å². The molecule has 1 N–H and O–H groups in total. The van der Waals surface area contributed by atoms with E-state index in [2.05, 4.69) is 22.6 Å². The number of hydrogen-bond donors (Lipinski definition) is 1. The minimum atomic E-state index is 0.552. The normalized spacial score (nSPS) is 10.5. The molecule has 1 aromatic carbocycles. The lowest BCUT2D eigenvalue weighted by molar-refractivity contribution is 0.289. The first-order valence-corrected chi connectivity index (χ1v) is 6.68. The molecule has 108 valence electrons. The number of methoxy groups -OCH3 is 1. The summed E-state index contributed by atoms with van der Waals surface area (Å²) in [4.78, 5) is 0. The summed E-state index contributed by atoms with van der Waals surface area (Å²) in [6, 6.07) is 7.52. The Labute approximate surface area is 118 Å². The van der Waals surface area contributed by atoms with Crippen molar-refractivity contribution in [3.05, 3.63) is 36.2 Å². The van der Waals surface area contributed by atoms with Crippen LogP contribution in [0.4, 0.5) is 0 Å². The third-order valence-corrected chi connectivity index (χ3v) is 2.79. The number of nitrogens with one attached hydrogen (secondary N) is 1. The van der Waals surface area contributed by atoms with Gasteiger partial charge in [0.1, 0.15) is 18.1 Å². The summed E-state index contributed by atoms with van der Waals surface area (Å²) in [5, 5.41) is 11.3. The van der Waals surface area contributed by atoms with Gasteiger partial charge in [-0.1, -0.05) is 12.1 Å². The third kappa shape index (κ3) is 4.24. The van der Waals surface area contributed by atoms with Crippen LogP contribution in [0.2, 0.25) is 0 Å². The molecule has 6 nitrogen and oxygen atoms in total. The minimum absolute atomic E-state index is 0.552. The Hall–Kier alpha value is -2.08. The second-order valence-corrected chi connectivity index (χ2v) is 4.28. The molecule has 2 rings (SSSR count). The molecule has 0 bridgehead atoms. The van der Waals surface area contributed by atoms with Crippen LogP contribution in [-0.2, 0) is 13.1 Å². The van der Waals surface area contributed by atoms with E-state index in [1.54, 1.807) is 11.8 Å². The molecule has 0 fully saturated rings. The fraction of sp³-hybridized carbons (Fsp3) is 0.429. The maximum atomic E-state index is 5.64. The van der Waals surface area contributed by atoms with Gasteiger partial charge in [-0.25, -0.2) is 4.68 Å². The van der Waals surface area contributed by atoms with Crippen LogP contribution in [0.3, 0.4) is 0 Å². The van der Waals surface area contributed by atoms with Gasteiger partial charge < -0.3 is 14.8 Å². The average molecular weight is 276 g/mol. The maximum Gasteiger partial charge on any atom is 0.119 e. The Balaban J connectivity index is 1.75. The van der Waals surface area contributed by atoms with E-state index in [4.69, 9.17) is 9.47 Å². The molecule has 0 unspecified atom stereocenters. The Bertz CT molecular complexity index is 510. The lowest BCUT2D eigenvalue weighted by atomic mass is 10.3.